The number of sulfone groups is 1. The van der Waals surface area contributed by atoms with Crippen molar-refractivity contribution in [2.75, 3.05) is 11.9 Å². The van der Waals surface area contributed by atoms with Gasteiger partial charge in [0.2, 0.25) is 15.0 Å². The Morgan fingerprint density at radius 2 is 1.81 bits per heavy atom. The molecule has 0 atom stereocenters. The molecular weight excluding hydrogens is 411 g/mol. The second-order valence-corrected chi connectivity index (χ2v) is 8.39. The monoisotopic (exact) mass is 424 g/mol. The zero-order valence-corrected chi connectivity index (χ0v) is 16.6. The Balaban J connectivity index is 2.01. The molecule has 2 heterocycles. The molecule has 0 fully saturated rings. The summed E-state index contributed by atoms with van der Waals surface area (Å²) in [4.78, 5) is 21.9. The number of hydrogen-bond donors (Lipinski definition) is 0. The first kappa shape index (κ1) is 19.3. The minimum absolute atomic E-state index is 0.103. The summed E-state index contributed by atoms with van der Waals surface area (Å²) in [5, 5.41) is 0.0783. The summed E-state index contributed by atoms with van der Waals surface area (Å²) in [6, 6.07) is 7.40. The van der Waals surface area contributed by atoms with Crippen molar-refractivity contribution in [3.05, 3.63) is 64.7 Å². The fraction of sp³-hybridized carbons (Fsp3) is 0.118. The molecule has 1 aromatic carbocycles. The van der Waals surface area contributed by atoms with Gasteiger partial charge in [-0.05, 0) is 30.3 Å². The Morgan fingerprint density at radius 3 is 2.41 bits per heavy atom. The van der Waals surface area contributed by atoms with Gasteiger partial charge in [0.25, 0.3) is 5.91 Å². The third kappa shape index (κ3) is 3.69. The number of hydrogen-bond acceptors (Lipinski definition) is 5. The van der Waals surface area contributed by atoms with E-state index in [2.05, 4.69) is 9.97 Å². The molecule has 0 bridgehead atoms. The van der Waals surface area contributed by atoms with Crippen LogP contribution >= 0.6 is 23.2 Å². The largest absolute Gasteiger partial charge is 0.314 e. The highest BCUT2D eigenvalue weighted by molar-refractivity contribution is 7.91. The zero-order valence-electron chi connectivity index (χ0n) is 14.3. The van der Waals surface area contributed by atoms with Crippen molar-refractivity contribution in [3.63, 3.8) is 0 Å². The summed E-state index contributed by atoms with van der Waals surface area (Å²) >= 11 is 11.8. The number of aromatic nitrogens is 3. The summed E-state index contributed by atoms with van der Waals surface area (Å²) in [5.41, 5.74) is 0.669. The maximum absolute atomic E-state index is 12.9. The Kier molecular flexibility index (Phi) is 5.23. The standard InChI is InChI=1S/C17H14Cl2N4O3S/c1-22(13-4-3-5-20-9-13)16(24)15-10-21-17(23(15)2)27(25,26)14-7-11(18)6-12(19)8-14/h3-10H,1-2H3. The van der Waals surface area contributed by atoms with Gasteiger partial charge in [-0.1, -0.05) is 23.2 Å². The van der Waals surface area contributed by atoms with Crippen LogP contribution in [0, 0.1) is 0 Å². The highest BCUT2D eigenvalue weighted by Gasteiger charge is 2.28. The second kappa shape index (κ2) is 7.30. The van der Waals surface area contributed by atoms with Crippen LogP contribution in [0.3, 0.4) is 0 Å². The fourth-order valence-corrected chi connectivity index (χ4v) is 4.55. The third-order valence-corrected chi connectivity index (χ3v) is 6.04. The normalized spacial score (nSPS) is 11.4. The van der Waals surface area contributed by atoms with Crippen molar-refractivity contribution >= 4 is 44.6 Å². The van der Waals surface area contributed by atoms with Gasteiger partial charge in [-0.2, -0.15) is 0 Å². The summed E-state index contributed by atoms with van der Waals surface area (Å²) < 4.78 is 27.0. The molecule has 27 heavy (non-hydrogen) atoms. The predicted octanol–water partition coefficient (Wildman–Crippen LogP) is 3.23. The number of halogens is 2. The molecule has 3 rings (SSSR count). The number of pyridine rings is 1. The molecule has 0 saturated carbocycles. The van der Waals surface area contributed by atoms with Gasteiger partial charge in [0.05, 0.1) is 23.0 Å². The van der Waals surface area contributed by atoms with Gasteiger partial charge in [0.1, 0.15) is 5.69 Å². The van der Waals surface area contributed by atoms with Crippen LogP contribution in [0.1, 0.15) is 10.5 Å². The predicted molar refractivity (Wildman–Crippen MR) is 102 cm³/mol. The minimum Gasteiger partial charge on any atom is -0.314 e. The maximum atomic E-state index is 12.9. The van der Waals surface area contributed by atoms with Crippen LogP contribution < -0.4 is 4.90 Å². The van der Waals surface area contributed by atoms with Gasteiger partial charge < -0.3 is 9.47 Å². The van der Waals surface area contributed by atoms with Gasteiger partial charge >= 0.3 is 0 Å². The maximum Gasteiger partial charge on any atom is 0.276 e. The Hall–Kier alpha value is -2.42. The second-order valence-electron chi connectivity index (χ2n) is 5.67. The van der Waals surface area contributed by atoms with Crippen LogP contribution in [-0.2, 0) is 16.9 Å². The molecule has 0 radical (unpaired) electrons. The molecule has 0 aliphatic carbocycles. The molecular formula is C17H14Cl2N4O3S. The van der Waals surface area contributed by atoms with Gasteiger partial charge in [0, 0.05) is 30.3 Å². The quantitative estimate of drug-likeness (QED) is 0.641. The van der Waals surface area contributed by atoms with E-state index in [0.717, 1.165) is 0 Å². The van der Waals surface area contributed by atoms with E-state index in [1.165, 1.54) is 47.1 Å². The molecule has 3 aromatic rings. The lowest BCUT2D eigenvalue weighted by Gasteiger charge is -2.17. The van der Waals surface area contributed by atoms with Gasteiger partial charge in [-0.25, -0.2) is 13.4 Å². The number of rotatable bonds is 4. The molecule has 2 aromatic heterocycles. The van der Waals surface area contributed by atoms with Crippen molar-refractivity contribution in [1.29, 1.82) is 0 Å². The molecule has 0 aliphatic heterocycles. The molecule has 10 heteroatoms. The Bertz CT molecular complexity index is 1090. The van der Waals surface area contributed by atoms with Crippen LogP contribution in [0.5, 0.6) is 0 Å². The van der Waals surface area contributed by atoms with Crippen molar-refractivity contribution in [1.82, 2.24) is 14.5 Å². The van der Waals surface area contributed by atoms with E-state index in [1.54, 1.807) is 25.4 Å². The summed E-state index contributed by atoms with van der Waals surface area (Å²) in [7, 11) is -0.996. The number of carbonyl (C=O) groups is 1. The molecule has 0 saturated heterocycles. The summed E-state index contributed by atoms with van der Waals surface area (Å²) in [5.74, 6) is -0.427. The smallest absolute Gasteiger partial charge is 0.276 e. The average molecular weight is 425 g/mol. The van der Waals surface area contributed by atoms with E-state index in [-0.39, 0.29) is 25.8 Å². The van der Waals surface area contributed by atoms with Crippen molar-refractivity contribution < 1.29 is 13.2 Å². The summed E-state index contributed by atoms with van der Waals surface area (Å²) in [6.07, 6.45) is 4.33. The molecule has 1 amide bonds. The van der Waals surface area contributed by atoms with Crippen molar-refractivity contribution in [3.8, 4) is 0 Å². The van der Waals surface area contributed by atoms with Crippen molar-refractivity contribution in [2.45, 2.75) is 10.1 Å². The lowest BCUT2D eigenvalue weighted by molar-refractivity contribution is 0.0984. The van der Waals surface area contributed by atoms with Crippen LogP contribution in [-0.4, -0.2) is 35.9 Å². The first-order valence-corrected chi connectivity index (χ1v) is 9.86. The van der Waals surface area contributed by atoms with Gasteiger partial charge in [-0.3, -0.25) is 9.78 Å². The third-order valence-electron chi connectivity index (χ3n) is 3.89. The first-order valence-electron chi connectivity index (χ1n) is 7.63. The van der Waals surface area contributed by atoms with E-state index in [1.807, 2.05) is 0 Å². The first-order chi connectivity index (χ1) is 12.7. The van der Waals surface area contributed by atoms with E-state index in [9.17, 15) is 13.2 Å². The van der Waals surface area contributed by atoms with E-state index in [0.29, 0.717) is 5.69 Å². The van der Waals surface area contributed by atoms with Crippen LogP contribution in [0.2, 0.25) is 10.0 Å². The Morgan fingerprint density at radius 1 is 1.15 bits per heavy atom. The van der Waals surface area contributed by atoms with E-state index in [4.69, 9.17) is 23.2 Å². The number of nitrogens with zero attached hydrogens (tertiary/aromatic N) is 4. The van der Waals surface area contributed by atoms with Gasteiger partial charge in [0.15, 0.2) is 0 Å². The molecule has 0 spiro atoms. The number of anilines is 1. The van der Waals surface area contributed by atoms with Crippen molar-refractivity contribution in [2.24, 2.45) is 7.05 Å². The van der Waals surface area contributed by atoms with Crippen LogP contribution in [0.4, 0.5) is 5.69 Å². The minimum atomic E-state index is -4.02. The number of amides is 1. The molecule has 140 valence electrons. The number of carbonyl (C=O) groups excluding carboxylic acids is 1. The average Bonchev–Trinajstić information content (AvgIpc) is 3.02. The lowest BCUT2D eigenvalue weighted by Crippen LogP contribution is -2.28. The number of imidazole rings is 1. The molecule has 0 aliphatic rings. The lowest BCUT2D eigenvalue weighted by atomic mass is 10.3. The fourth-order valence-electron chi connectivity index (χ4n) is 2.47. The van der Waals surface area contributed by atoms with Crippen LogP contribution in [0.15, 0.2) is 59.0 Å². The molecule has 0 N–H and O–H groups in total. The van der Waals surface area contributed by atoms with E-state index >= 15 is 0 Å². The van der Waals surface area contributed by atoms with Gasteiger partial charge in [-0.15, -0.1) is 0 Å². The molecule has 7 nitrogen and oxygen atoms in total. The highest BCUT2D eigenvalue weighted by atomic mass is 35.5. The zero-order chi connectivity index (χ0) is 19.8. The number of benzene rings is 1. The van der Waals surface area contributed by atoms with Crippen LogP contribution in [0.25, 0.3) is 0 Å². The molecule has 0 unspecified atom stereocenters. The highest BCUT2D eigenvalue weighted by Crippen LogP contribution is 2.27. The Labute approximate surface area is 166 Å². The SMILES string of the molecule is CN(C(=O)c1cnc(S(=O)(=O)c2cc(Cl)cc(Cl)c2)n1C)c1cccnc1. The topological polar surface area (TPSA) is 85.2 Å². The summed E-state index contributed by atoms with van der Waals surface area (Å²) in [6.45, 7) is 0. The van der Waals surface area contributed by atoms with E-state index < -0.39 is 15.7 Å².